The van der Waals surface area contributed by atoms with Gasteiger partial charge in [-0.1, -0.05) is 27.7 Å². The van der Waals surface area contributed by atoms with Crippen molar-refractivity contribution in [3.05, 3.63) is 29.8 Å². The van der Waals surface area contributed by atoms with E-state index in [1.54, 1.807) is 24.3 Å². The first-order valence-corrected chi connectivity index (χ1v) is 9.36. The van der Waals surface area contributed by atoms with E-state index in [4.69, 9.17) is 10.5 Å². The number of nitrogens with one attached hydrogen (secondary N) is 2. The lowest BCUT2D eigenvalue weighted by molar-refractivity contribution is -0.124. The van der Waals surface area contributed by atoms with E-state index in [9.17, 15) is 9.59 Å². The monoisotopic (exact) mass is 399 g/mol. The molecule has 154 valence electrons. The smallest absolute Gasteiger partial charge is 0.251 e. The number of benzene rings is 1. The Morgan fingerprint density at radius 2 is 1.67 bits per heavy atom. The van der Waals surface area contributed by atoms with Crippen LogP contribution in [0, 0.1) is 5.92 Å². The second-order valence-corrected chi connectivity index (χ2v) is 6.94. The molecule has 0 aliphatic heterocycles. The van der Waals surface area contributed by atoms with Gasteiger partial charge in [-0.25, -0.2) is 0 Å². The van der Waals surface area contributed by atoms with Gasteiger partial charge in [-0.15, -0.1) is 12.4 Å². The number of amides is 2. The second-order valence-electron chi connectivity index (χ2n) is 6.94. The molecule has 0 aromatic heterocycles. The molecule has 4 N–H and O–H groups in total. The average Bonchev–Trinajstić information content (AvgIpc) is 2.64. The maximum Gasteiger partial charge on any atom is 0.251 e. The molecule has 0 heterocycles. The number of halogens is 1. The molecule has 6 nitrogen and oxygen atoms in total. The van der Waals surface area contributed by atoms with Crippen LogP contribution >= 0.6 is 12.4 Å². The molecular weight excluding hydrogens is 366 g/mol. The van der Waals surface area contributed by atoms with E-state index in [0.717, 1.165) is 12.8 Å². The highest BCUT2D eigenvalue weighted by atomic mass is 35.5. The Labute approximate surface area is 169 Å². The van der Waals surface area contributed by atoms with Gasteiger partial charge in [0.15, 0.2) is 0 Å². The molecule has 0 bridgehead atoms. The van der Waals surface area contributed by atoms with E-state index >= 15 is 0 Å². The molecule has 0 fully saturated rings. The zero-order valence-corrected chi connectivity index (χ0v) is 17.8. The average molecular weight is 400 g/mol. The van der Waals surface area contributed by atoms with Crippen LogP contribution in [0.4, 0.5) is 0 Å². The first kappa shape index (κ1) is 25.2. The number of hydrogen-bond acceptors (Lipinski definition) is 4. The Hall–Kier alpha value is -1.79. The van der Waals surface area contributed by atoms with Crippen molar-refractivity contribution in [2.75, 3.05) is 13.2 Å². The van der Waals surface area contributed by atoms with E-state index in [2.05, 4.69) is 10.6 Å². The Balaban J connectivity index is 0.00000676. The SMILES string of the molecule is CCOc1ccc(C(=O)NC(C(=O)NCC(N)(CC)CC)C(C)C)cc1.Cl. The number of nitrogens with two attached hydrogens (primary N) is 1. The van der Waals surface area contributed by atoms with Crippen molar-refractivity contribution in [2.45, 2.75) is 59.0 Å². The third kappa shape index (κ3) is 7.77. The first-order valence-electron chi connectivity index (χ1n) is 9.36. The normalized spacial score (nSPS) is 12.1. The molecule has 0 aliphatic rings. The van der Waals surface area contributed by atoms with Crippen LogP contribution in [-0.4, -0.2) is 36.5 Å². The van der Waals surface area contributed by atoms with Crippen molar-refractivity contribution in [1.82, 2.24) is 10.6 Å². The lowest BCUT2D eigenvalue weighted by atomic mass is 9.94. The van der Waals surface area contributed by atoms with Crippen molar-refractivity contribution >= 4 is 24.2 Å². The van der Waals surface area contributed by atoms with Crippen molar-refractivity contribution in [3.63, 3.8) is 0 Å². The lowest BCUT2D eigenvalue weighted by Crippen LogP contribution is -2.55. The van der Waals surface area contributed by atoms with Gasteiger partial charge in [0.05, 0.1) is 6.61 Å². The molecule has 1 aromatic carbocycles. The summed E-state index contributed by atoms with van der Waals surface area (Å²) in [7, 11) is 0. The van der Waals surface area contributed by atoms with Crippen LogP contribution in [0.3, 0.4) is 0 Å². The summed E-state index contributed by atoms with van der Waals surface area (Å²) >= 11 is 0. The molecule has 0 spiro atoms. The van der Waals surface area contributed by atoms with Gasteiger partial charge in [0.1, 0.15) is 11.8 Å². The minimum Gasteiger partial charge on any atom is -0.494 e. The molecule has 2 amide bonds. The molecule has 1 atom stereocenters. The summed E-state index contributed by atoms with van der Waals surface area (Å²) in [5, 5.41) is 5.71. The Bertz CT molecular complexity index is 587. The molecular formula is C20H34ClN3O3. The van der Waals surface area contributed by atoms with E-state index in [0.29, 0.717) is 24.5 Å². The fourth-order valence-electron chi connectivity index (χ4n) is 2.50. The maximum absolute atomic E-state index is 12.6. The Morgan fingerprint density at radius 1 is 1.11 bits per heavy atom. The van der Waals surface area contributed by atoms with E-state index in [-0.39, 0.29) is 30.1 Å². The fraction of sp³-hybridized carbons (Fsp3) is 0.600. The van der Waals surface area contributed by atoms with Gasteiger partial charge >= 0.3 is 0 Å². The van der Waals surface area contributed by atoms with Crippen molar-refractivity contribution in [1.29, 1.82) is 0 Å². The molecule has 0 saturated carbocycles. The van der Waals surface area contributed by atoms with Crippen LogP contribution in [-0.2, 0) is 4.79 Å². The van der Waals surface area contributed by atoms with Gasteiger partial charge in [0.2, 0.25) is 5.91 Å². The van der Waals surface area contributed by atoms with E-state index < -0.39 is 11.6 Å². The summed E-state index contributed by atoms with van der Waals surface area (Å²) in [5.74, 6) is 0.167. The number of carbonyl (C=O) groups is 2. The molecule has 27 heavy (non-hydrogen) atoms. The van der Waals surface area contributed by atoms with Crippen LogP contribution in [0.1, 0.15) is 57.8 Å². The lowest BCUT2D eigenvalue weighted by Gasteiger charge is -2.29. The number of carbonyl (C=O) groups excluding carboxylic acids is 2. The van der Waals surface area contributed by atoms with Crippen LogP contribution < -0.4 is 21.1 Å². The van der Waals surface area contributed by atoms with Crippen LogP contribution in [0.15, 0.2) is 24.3 Å². The summed E-state index contributed by atoms with van der Waals surface area (Å²) in [5.41, 5.74) is 6.31. The predicted molar refractivity (Wildman–Crippen MR) is 111 cm³/mol. The largest absolute Gasteiger partial charge is 0.494 e. The van der Waals surface area contributed by atoms with Gasteiger partial charge in [-0.2, -0.15) is 0 Å². The van der Waals surface area contributed by atoms with Crippen LogP contribution in [0.5, 0.6) is 5.75 Å². The third-order valence-electron chi connectivity index (χ3n) is 4.69. The number of rotatable bonds is 10. The molecule has 1 aromatic rings. The Morgan fingerprint density at radius 3 is 2.11 bits per heavy atom. The third-order valence-corrected chi connectivity index (χ3v) is 4.69. The predicted octanol–water partition coefficient (Wildman–Crippen LogP) is 2.90. The van der Waals surface area contributed by atoms with Crippen LogP contribution in [0.25, 0.3) is 0 Å². The highest BCUT2D eigenvalue weighted by Crippen LogP contribution is 2.13. The topological polar surface area (TPSA) is 93.4 Å². The summed E-state index contributed by atoms with van der Waals surface area (Å²) in [6.07, 6.45) is 1.54. The molecule has 0 saturated heterocycles. The Kier molecular flexibility index (Phi) is 11.0. The van der Waals surface area contributed by atoms with Crippen molar-refractivity contribution in [3.8, 4) is 5.75 Å². The number of ether oxygens (including phenoxy) is 1. The van der Waals surface area contributed by atoms with Gasteiger partial charge in [-0.3, -0.25) is 9.59 Å². The summed E-state index contributed by atoms with van der Waals surface area (Å²) in [6, 6.07) is 6.25. The maximum atomic E-state index is 12.6. The van der Waals surface area contributed by atoms with Gasteiger partial charge in [0, 0.05) is 17.6 Å². The zero-order valence-electron chi connectivity index (χ0n) is 17.0. The van der Waals surface area contributed by atoms with E-state index in [1.165, 1.54) is 0 Å². The van der Waals surface area contributed by atoms with Gasteiger partial charge in [-0.05, 0) is 49.9 Å². The first-order chi connectivity index (χ1) is 12.3. The number of hydrogen-bond donors (Lipinski definition) is 3. The quantitative estimate of drug-likeness (QED) is 0.563. The minimum absolute atomic E-state index is 0. The van der Waals surface area contributed by atoms with Crippen molar-refractivity contribution < 1.29 is 14.3 Å². The van der Waals surface area contributed by atoms with Crippen molar-refractivity contribution in [2.24, 2.45) is 11.7 Å². The summed E-state index contributed by atoms with van der Waals surface area (Å²) < 4.78 is 5.38. The molecule has 1 unspecified atom stereocenters. The minimum atomic E-state index is -0.618. The fourth-order valence-corrected chi connectivity index (χ4v) is 2.50. The molecule has 1 rings (SSSR count). The molecule has 0 radical (unpaired) electrons. The second kappa shape index (κ2) is 11.8. The molecule has 0 aliphatic carbocycles. The molecule has 7 heteroatoms. The zero-order chi connectivity index (χ0) is 19.7. The standard InChI is InChI=1S/C20H33N3O3.ClH/c1-6-20(21,7-2)13-22-19(25)17(14(4)5)23-18(24)15-9-11-16(12-10-15)26-8-3;/h9-12,14,17H,6-8,13,21H2,1-5H3,(H,22,25)(H,23,24);1H. The highest BCUT2D eigenvalue weighted by Gasteiger charge is 2.27. The van der Waals surface area contributed by atoms with Gasteiger partial charge < -0.3 is 21.1 Å². The summed E-state index contributed by atoms with van der Waals surface area (Å²) in [6.45, 7) is 10.7. The van der Waals surface area contributed by atoms with E-state index in [1.807, 2.05) is 34.6 Å². The van der Waals surface area contributed by atoms with Gasteiger partial charge in [0.25, 0.3) is 5.91 Å². The van der Waals surface area contributed by atoms with Crippen LogP contribution in [0.2, 0.25) is 0 Å². The highest BCUT2D eigenvalue weighted by molar-refractivity contribution is 5.97. The summed E-state index contributed by atoms with van der Waals surface area (Å²) in [4.78, 5) is 25.1.